The van der Waals surface area contributed by atoms with Crippen LogP contribution in [0, 0.1) is 11.8 Å². The first kappa shape index (κ1) is 11.0. The highest BCUT2D eigenvalue weighted by atomic mass is 16.4. The molecule has 0 heterocycles. The summed E-state index contributed by atoms with van der Waals surface area (Å²) in [5, 5.41) is 11.1. The summed E-state index contributed by atoms with van der Waals surface area (Å²) in [5.41, 5.74) is 5.37. The first-order valence-electron chi connectivity index (χ1n) is 4.75. The molecular weight excluding hydrogens is 184 g/mol. The van der Waals surface area contributed by atoms with Crippen LogP contribution in [0.25, 0.3) is 0 Å². The van der Waals surface area contributed by atoms with Crippen molar-refractivity contribution in [3.8, 4) is 0 Å². The van der Waals surface area contributed by atoms with E-state index in [4.69, 9.17) is 10.8 Å². The Morgan fingerprint density at radius 1 is 1.64 bits per heavy atom. The molecule has 0 radical (unpaired) electrons. The van der Waals surface area contributed by atoms with Crippen LogP contribution in [0.1, 0.15) is 19.8 Å². The molecule has 80 valence electrons. The number of nitrogens with one attached hydrogen (secondary N) is 1. The van der Waals surface area contributed by atoms with Crippen LogP contribution in [0.4, 0.5) is 0 Å². The lowest BCUT2D eigenvalue weighted by atomic mass is 10.2. The van der Waals surface area contributed by atoms with Crippen LogP contribution in [-0.4, -0.2) is 29.6 Å². The summed E-state index contributed by atoms with van der Waals surface area (Å²) in [6, 6.07) is -0.929. The topological polar surface area (TPSA) is 92.4 Å². The van der Waals surface area contributed by atoms with Gasteiger partial charge in [-0.1, -0.05) is 6.92 Å². The molecule has 0 aromatic rings. The second-order valence-electron chi connectivity index (χ2n) is 3.92. The Morgan fingerprint density at radius 2 is 2.21 bits per heavy atom. The fraction of sp³-hybridized carbons (Fsp3) is 0.778. The molecule has 3 atom stereocenters. The molecule has 1 fully saturated rings. The number of nitrogens with two attached hydrogens (primary N) is 1. The number of carboxylic acid groups (broad SMARTS) is 1. The molecule has 0 bridgehead atoms. The van der Waals surface area contributed by atoms with Crippen LogP contribution in [0.3, 0.4) is 0 Å². The summed E-state index contributed by atoms with van der Waals surface area (Å²) in [7, 11) is 0. The minimum atomic E-state index is -1.05. The maximum atomic E-state index is 11.2. The quantitative estimate of drug-likeness (QED) is 0.561. The van der Waals surface area contributed by atoms with Crippen molar-refractivity contribution >= 4 is 11.9 Å². The normalized spacial score (nSPS) is 26.7. The molecule has 5 heteroatoms. The summed E-state index contributed by atoms with van der Waals surface area (Å²) in [6.07, 6.45) is 0.820. The first-order valence-corrected chi connectivity index (χ1v) is 4.75. The number of rotatable bonds is 5. The summed E-state index contributed by atoms with van der Waals surface area (Å²) < 4.78 is 0. The van der Waals surface area contributed by atoms with E-state index in [1.807, 2.05) is 0 Å². The van der Waals surface area contributed by atoms with E-state index in [-0.39, 0.29) is 12.3 Å². The van der Waals surface area contributed by atoms with Crippen molar-refractivity contribution in [2.45, 2.75) is 25.8 Å². The Labute approximate surface area is 82.7 Å². The van der Waals surface area contributed by atoms with E-state index in [0.29, 0.717) is 18.4 Å². The van der Waals surface area contributed by atoms with Gasteiger partial charge in [-0.3, -0.25) is 9.59 Å². The highest BCUT2D eigenvalue weighted by Gasteiger charge is 2.32. The zero-order valence-electron chi connectivity index (χ0n) is 8.19. The zero-order chi connectivity index (χ0) is 10.7. The molecule has 3 unspecified atom stereocenters. The Morgan fingerprint density at radius 3 is 2.64 bits per heavy atom. The van der Waals surface area contributed by atoms with E-state index < -0.39 is 12.0 Å². The monoisotopic (exact) mass is 200 g/mol. The molecule has 1 aliphatic carbocycles. The summed E-state index contributed by atoms with van der Waals surface area (Å²) in [4.78, 5) is 21.5. The lowest BCUT2D eigenvalue weighted by Gasteiger charge is -2.09. The molecule has 0 saturated heterocycles. The number of aliphatic carboxylic acids is 1. The van der Waals surface area contributed by atoms with Gasteiger partial charge in [-0.05, 0) is 18.3 Å². The molecular formula is C9H16N2O3. The summed E-state index contributed by atoms with van der Waals surface area (Å²) in [5.74, 6) is -0.194. The van der Waals surface area contributed by atoms with Crippen LogP contribution in [0.2, 0.25) is 0 Å². The molecule has 1 amide bonds. The fourth-order valence-corrected chi connectivity index (χ4v) is 1.33. The van der Waals surface area contributed by atoms with Gasteiger partial charge in [0.1, 0.15) is 0 Å². The average Bonchev–Trinajstić information content (AvgIpc) is 2.76. The number of hydrogen-bond donors (Lipinski definition) is 3. The summed E-state index contributed by atoms with van der Waals surface area (Å²) in [6.45, 7) is 2.74. The number of carboxylic acids is 1. The molecule has 0 aromatic carbocycles. The van der Waals surface area contributed by atoms with Crippen LogP contribution in [0.15, 0.2) is 0 Å². The zero-order valence-corrected chi connectivity index (χ0v) is 8.19. The third-order valence-electron chi connectivity index (χ3n) is 2.55. The van der Waals surface area contributed by atoms with Crippen LogP contribution >= 0.6 is 0 Å². The second kappa shape index (κ2) is 4.41. The van der Waals surface area contributed by atoms with E-state index in [0.717, 1.165) is 6.42 Å². The van der Waals surface area contributed by atoms with Gasteiger partial charge >= 0.3 is 5.97 Å². The maximum absolute atomic E-state index is 11.2. The minimum absolute atomic E-state index is 0.313. The highest BCUT2D eigenvalue weighted by molar-refractivity contribution is 5.85. The van der Waals surface area contributed by atoms with Gasteiger partial charge in [0.15, 0.2) is 0 Å². The number of amides is 1. The smallest absolute Gasteiger partial charge is 0.305 e. The van der Waals surface area contributed by atoms with E-state index in [1.54, 1.807) is 0 Å². The molecule has 5 nitrogen and oxygen atoms in total. The van der Waals surface area contributed by atoms with Crippen molar-refractivity contribution in [3.05, 3.63) is 0 Å². The lowest BCUT2D eigenvalue weighted by Crippen LogP contribution is -2.42. The van der Waals surface area contributed by atoms with Gasteiger partial charge in [0.2, 0.25) is 5.91 Å². The van der Waals surface area contributed by atoms with Crippen LogP contribution in [-0.2, 0) is 9.59 Å². The van der Waals surface area contributed by atoms with Gasteiger partial charge in [-0.15, -0.1) is 0 Å². The third-order valence-corrected chi connectivity index (χ3v) is 2.55. The van der Waals surface area contributed by atoms with Gasteiger partial charge < -0.3 is 16.2 Å². The van der Waals surface area contributed by atoms with E-state index in [9.17, 15) is 9.59 Å². The van der Waals surface area contributed by atoms with Gasteiger partial charge in [0.25, 0.3) is 0 Å². The fourth-order valence-electron chi connectivity index (χ4n) is 1.33. The Balaban J connectivity index is 2.16. The highest BCUT2D eigenvalue weighted by Crippen LogP contribution is 2.36. The standard InChI is InChI=1S/C9H16N2O3/c1-5-2-6(5)4-11-9(14)7(10)3-8(12)13/h5-7H,2-4,10H2,1H3,(H,11,14)(H,12,13). The minimum Gasteiger partial charge on any atom is -0.481 e. The van der Waals surface area contributed by atoms with Crippen molar-refractivity contribution in [3.63, 3.8) is 0 Å². The van der Waals surface area contributed by atoms with Crippen molar-refractivity contribution in [2.75, 3.05) is 6.54 Å². The van der Waals surface area contributed by atoms with Crippen LogP contribution < -0.4 is 11.1 Å². The van der Waals surface area contributed by atoms with Gasteiger partial charge in [0, 0.05) is 6.54 Å². The van der Waals surface area contributed by atoms with Gasteiger partial charge in [0.05, 0.1) is 12.5 Å². The first-order chi connectivity index (χ1) is 6.50. The van der Waals surface area contributed by atoms with Crippen molar-refractivity contribution < 1.29 is 14.7 Å². The molecule has 14 heavy (non-hydrogen) atoms. The Kier molecular flexibility index (Phi) is 3.46. The van der Waals surface area contributed by atoms with E-state index >= 15 is 0 Å². The van der Waals surface area contributed by atoms with Crippen LogP contribution in [0.5, 0.6) is 0 Å². The molecule has 0 spiro atoms. The number of carbonyl (C=O) groups is 2. The Bertz CT molecular complexity index is 242. The van der Waals surface area contributed by atoms with E-state index in [1.165, 1.54) is 0 Å². The third kappa shape index (κ3) is 3.33. The molecule has 0 aliphatic heterocycles. The molecule has 0 aromatic heterocycles. The Hall–Kier alpha value is -1.10. The van der Waals surface area contributed by atoms with Gasteiger partial charge in [-0.2, -0.15) is 0 Å². The SMILES string of the molecule is CC1CC1CNC(=O)C(N)CC(=O)O. The molecule has 1 aliphatic rings. The maximum Gasteiger partial charge on any atom is 0.305 e. The van der Waals surface area contributed by atoms with Crippen molar-refractivity contribution in [1.82, 2.24) is 5.32 Å². The van der Waals surface area contributed by atoms with Crippen molar-refractivity contribution in [1.29, 1.82) is 0 Å². The number of carbonyl (C=O) groups excluding carboxylic acids is 1. The average molecular weight is 200 g/mol. The number of hydrogen-bond acceptors (Lipinski definition) is 3. The predicted molar refractivity (Wildman–Crippen MR) is 50.5 cm³/mol. The van der Waals surface area contributed by atoms with Gasteiger partial charge in [-0.25, -0.2) is 0 Å². The van der Waals surface area contributed by atoms with Crippen molar-refractivity contribution in [2.24, 2.45) is 17.6 Å². The summed E-state index contributed by atoms with van der Waals surface area (Å²) >= 11 is 0. The van der Waals surface area contributed by atoms with E-state index in [2.05, 4.69) is 12.2 Å². The largest absolute Gasteiger partial charge is 0.481 e. The molecule has 1 rings (SSSR count). The lowest BCUT2D eigenvalue weighted by molar-refractivity contribution is -0.139. The predicted octanol–water partition coefficient (Wildman–Crippen LogP) is -0.439. The molecule has 1 saturated carbocycles. The molecule has 4 N–H and O–H groups in total. The second-order valence-corrected chi connectivity index (χ2v) is 3.92.